The van der Waals surface area contributed by atoms with E-state index in [4.69, 9.17) is 21.1 Å². The van der Waals surface area contributed by atoms with E-state index >= 15 is 0 Å². The van der Waals surface area contributed by atoms with Crippen molar-refractivity contribution in [3.63, 3.8) is 0 Å². The highest BCUT2D eigenvalue weighted by atomic mass is 35.5. The number of methoxy groups -OCH3 is 1. The number of nitrogens with zero attached hydrogens (tertiary/aromatic N) is 2. The molecular weight excluding hydrogens is 435 g/mol. The predicted molar refractivity (Wildman–Crippen MR) is 121 cm³/mol. The summed E-state index contributed by atoms with van der Waals surface area (Å²) in [6, 6.07) is 8.20. The third-order valence-corrected chi connectivity index (χ3v) is 5.71. The summed E-state index contributed by atoms with van der Waals surface area (Å²) in [5.74, 6) is 1.08. The molecule has 0 aliphatic heterocycles. The largest absolute Gasteiger partial charge is 0.493 e. The quantitative estimate of drug-likeness (QED) is 0.540. The van der Waals surface area contributed by atoms with Crippen molar-refractivity contribution in [2.45, 2.75) is 44.8 Å². The van der Waals surface area contributed by atoms with Crippen LogP contribution in [-0.2, 0) is 4.79 Å². The second kappa shape index (κ2) is 9.56. The molecule has 4 rings (SSSR count). The van der Waals surface area contributed by atoms with Gasteiger partial charge in [-0.2, -0.15) is 0 Å². The maximum absolute atomic E-state index is 13.4. The number of carbonyl (C=O) groups is 1. The molecule has 0 saturated heterocycles. The Kier molecular flexibility index (Phi) is 6.60. The van der Waals surface area contributed by atoms with Gasteiger partial charge in [-0.25, -0.2) is 14.4 Å². The lowest BCUT2D eigenvalue weighted by Crippen LogP contribution is -2.38. The van der Waals surface area contributed by atoms with Gasteiger partial charge < -0.3 is 20.1 Å². The lowest BCUT2D eigenvalue weighted by Gasteiger charge is -2.29. The van der Waals surface area contributed by atoms with Crippen LogP contribution in [0.5, 0.6) is 11.5 Å². The Bertz CT molecular complexity index is 1140. The lowest BCUT2D eigenvalue weighted by atomic mass is 9.93. The Morgan fingerprint density at radius 2 is 1.94 bits per heavy atom. The Labute approximate surface area is 190 Å². The molecule has 1 aliphatic carbocycles. The molecule has 32 heavy (non-hydrogen) atoms. The second-order valence-corrected chi connectivity index (χ2v) is 8.21. The van der Waals surface area contributed by atoms with Gasteiger partial charge in [0.05, 0.1) is 23.8 Å². The first-order valence-corrected chi connectivity index (χ1v) is 10.8. The fraction of sp³-hybridized carbons (Fsp3) is 0.348. The number of rotatable bonds is 6. The standard InChI is InChI=1S/C23H24ClFN4O3/c1-13(30)27-15-3-6-17(7-4-15)32-22-9-14-12-26-23(29-20(14)11-21(22)31-2)28-16-5-8-19(25)18(24)10-16/h5,8-12,15,17H,3-4,6-7H2,1-2H3,(H,27,30)(H,26,28,29). The zero-order valence-electron chi connectivity index (χ0n) is 17.8. The highest BCUT2D eigenvalue weighted by Crippen LogP contribution is 2.35. The third-order valence-electron chi connectivity index (χ3n) is 5.42. The number of amides is 1. The summed E-state index contributed by atoms with van der Waals surface area (Å²) in [4.78, 5) is 20.1. The fourth-order valence-electron chi connectivity index (χ4n) is 3.85. The molecule has 1 saturated carbocycles. The number of hydrogen-bond acceptors (Lipinski definition) is 6. The van der Waals surface area contributed by atoms with E-state index in [9.17, 15) is 9.18 Å². The topological polar surface area (TPSA) is 85.4 Å². The Morgan fingerprint density at radius 1 is 1.16 bits per heavy atom. The SMILES string of the molecule is COc1cc2nc(Nc3ccc(F)c(Cl)c3)ncc2cc1OC1CCC(NC(C)=O)CC1. The van der Waals surface area contributed by atoms with Gasteiger partial charge in [0.1, 0.15) is 5.82 Å². The Morgan fingerprint density at radius 3 is 2.62 bits per heavy atom. The number of halogens is 2. The van der Waals surface area contributed by atoms with Crippen molar-refractivity contribution in [3.05, 3.63) is 47.4 Å². The van der Waals surface area contributed by atoms with E-state index in [1.807, 2.05) is 6.07 Å². The van der Waals surface area contributed by atoms with Crippen LogP contribution in [0.1, 0.15) is 32.6 Å². The molecule has 1 heterocycles. The number of fused-ring (bicyclic) bond motifs is 1. The molecule has 0 unspecified atom stereocenters. The second-order valence-electron chi connectivity index (χ2n) is 7.80. The third kappa shape index (κ3) is 5.19. The molecule has 0 bridgehead atoms. The molecule has 0 radical (unpaired) electrons. The molecule has 168 valence electrons. The van der Waals surface area contributed by atoms with E-state index in [1.165, 1.54) is 12.1 Å². The number of aromatic nitrogens is 2. The minimum Gasteiger partial charge on any atom is -0.493 e. The molecule has 0 spiro atoms. The maximum atomic E-state index is 13.4. The van der Waals surface area contributed by atoms with Crippen LogP contribution in [0.15, 0.2) is 36.5 Å². The fourth-order valence-corrected chi connectivity index (χ4v) is 4.03. The smallest absolute Gasteiger partial charge is 0.227 e. The number of anilines is 2. The van der Waals surface area contributed by atoms with Crippen LogP contribution in [-0.4, -0.2) is 35.1 Å². The van der Waals surface area contributed by atoms with Crippen molar-refractivity contribution in [1.29, 1.82) is 0 Å². The van der Waals surface area contributed by atoms with E-state index in [0.717, 1.165) is 31.1 Å². The van der Waals surface area contributed by atoms with Crippen molar-refractivity contribution >= 4 is 40.0 Å². The van der Waals surface area contributed by atoms with Gasteiger partial charge >= 0.3 is 0 Å². The molecule has 0 atom stereocenters. The maximum Gasteiger partial charge on any atom is 0.227 e. The van der Waals surface area contributed by atoms with Crippen LogP contribution in [0, 0.1) is 5.82 Å². The number of carbonyl (C=O) groups excluding carboxylic acids is 1. The lowest BCUT2D eigenvalue weighted by molar-refractivity contribution is -0.120. The molecule has 9 heteroatoms. The predicted octanol–water partition coefficient (Wildman–Crippen LogP) is 5.00. The summed E-state index contributed by atoms with van der Waals surface area (Å²) < 4.78 is 25.1. The van der Waals surface area contributed by atoms with E-state index in [0.29, 0.717) is 28.7 Å². The van der Waals surface area contributed by atoms with Gasteiger partial charge in [0.15, 0.2) is 11.5 Å². The van der Waals surface area contributed by atoms with Crippen molar-refractivity contribution in [3.8, 4) is 11.5 Å². The Balaban J connectivity index is 1.49. The van der Waals surface area contributed by atoms with Gasteiger partial charge in [0.25, 0.3) is 0 Å². The van der Waals surface area contributed by atoms with E-state index in [1.54, 1.807) is 32.4 Å². The van der Waals surface area contributed by atoms with Crippen LogP contribution in [0.2, 0.25) is 5.02 Å². The average Bonchev–Trinajstić information content (AvgIpc) is 2.77. The summed E-state index contributed by atoms with van der Waals surface area (Å²) in [7, 11) is 1.59. The van der Waals surface area contributed by atoms with Crippen molar-refractivity contribution < 1.29 is 18.7 Å². The molecule has 3 aromatic rings. The summed E-state index contributed by atoms with van der Waals surface area (Å²) in [6.45, 7) is 1.54. The minimum absolute atomic E-state index is 0.00181. The highest BCUT2D eigenvalue weighted by Gasteiger charge is 2.24. The number of nitrogens with one attached hydrogen (secondary N) is 2. The molecule has 1 aromatic heterocycles. The summed E-state index contributed by atoms with van der Waals surface area (Å²) in [5, 5.41) is 6.82. The number of ether oxygens (including phenoxy) is 2. The molecule has 1 amide bonds. The first-order chi connectivity index (χ1) is 15.4. The van der Waals surface area contributed by atoms with E-state index in [2.05, 4.69) is 20.6 Å². The van der Waals surface area contributed by atoms with Crippen molar-refractivity contribution in [1.82, 2.24) is 15.3 Å². The summed E-state index contributed by atoms with van der Waals surface area (Å²) in [5.41, 5.74) is 1.26. The average molecular weight is 459 g/mol. The first-order valence-electron chi connectivity index (χ1n) is 10.4. The van der Waals surface area contributed by atoms with E-state index < -0.39 is 5.82 Å². The highest BCUT2D eigenvalue weighted by molar-refractivity contribution is 6.31. The van der Waals surface area contributed by atoms with Crippen LogP contribution in [0.4, 0.5) is 16.0 Å². The van der Waals surface area contributed by atoms with Crippen LogP contribution in [0.25, 0.3) is 10.9 Å². The van der Waals surface area contributed by atoms with Gasteiger partial charge in [-0.1, -0.05) is 11.6 Å². The normalized spacial score (nSPS) is 18.2. The first kappa shape index (κ1) is 22.1. The molecule has 2 aromatic carbocycles. The summed E-state index contributed by atoms with van der Waals surface area (Å²) >= 11 is 5.84. The molecule has 7 nitrogen and oxygen atoms in total. The molecule has 1 fully saturated rings. The molecule has 2 N–H and O–H groups in total. The van der Waals surface area contributed by atoms with E-state index in [-0.39, 0.29) is 23.1 Å². The number of hydrogen-bond donors (Lipinski definition) is 2. The van der Waals surface area contributed by atoms with Gasteiger partial charge in [0.2, 0.25) is 11.9 Å². The number of benzene rings is 2. The van der Waals surface area contributed by atoms with Gasteiger partial charge in [-0.15, -0.1) is 0 Å². The van der Waals surface area contributed by atoms with Crippen LogP contribution in [0.3, 0.4) is 0 Å². The van der Waals surface area contributed by atoms with Gasteiger partial charge in [-0.3, -0.25) is 4.79 Å². The van der Waals surface area contributed by atoms with Gasteiger partial charge in [0, 0.05) is 36.3 Å². The Hall–Kier alpha value is -3.13. The zero-order chi connectivity index (χ0) is 22.7. The molecular formula is C23H24ClFN4O3. The molecule has 1 aliphatic rings. The van der Waals surface area contributed by atoms with Gasteiger partial charge in [-0.05, 0) is 49.9 Å². The zero-order valence-corrected chi connectivity index (χ0v) is 18.6. The van der Waals surface area contributed by atoms with Crippen LogP contribution >= 0.6 is 11.6 Å². The van der Waals surface area contributed by atoms with Crippen molar-refractivity contribution in [2.24, 2.45) is 0 Å². The van der Waals surface area contributed by atoms with Crippen LogP contribution < -0.4 is 20.1 Å². The minimum atomic E-state index is -0.488. The summed E-state index contributed by atoms with van der Waals surface area (Å²) in [6.07, 6.45) is 5.21. The monoisotopic (exact) mass is 458 g/mol. The van der Waals surface area contributed by atoms with Crippen molar-refractivity contribution in [2.75, 3.05) is 12.4 Å².